The molecule has 7 nitrogen and oxygen atoms in total. The average Bonchev–Trinajstić information content (AvgIpc) is 2.40. The van der Waals surface area contributed by atoms with E-state index in [2.05, 4.69) is 20.7 Å². The van der Waals surface area contributed by atoms with Crippen molar-refractivity contribution in [2.24, 2.45) is 5.84 Å². The van der Waals surface area contributed by atoms with Crippen molar-refractivity contribution in [1.82, 2.24) is 9.97 Å². The minimum atomic E-state index is 0.143. The van der Waals surface area contributed by atoms with E-state index < -0.39 is 0 Å². The zero-order valence-electron chi connectivity index (χ0n) is 10.8. The van der Waals surface area contributed by atoms with Gasteiger partial charge in [-0.1, -0.05) is 0 Å². The SMILES string of the molecule is COc1ccc(Nc2cc(NN)nc(N)n2)c(C)c1. The molecular weight excluding hydrogens is 244 g/mol. The molecule has 7 heteroatoms. The summed E-state index contributed by atoms with van der Waals surface area (Å²) in [5, 5.41) is 3.16. The molecule has 0 bridgehead atoms. The number of benzene rings is 1. The Labute approximate surface area is 111 Å². The van der Waals surface area contributed by atoms with Crippen molar-refractivity contribution in [1.29, 1.82) is 0 Å². The normalized spacial score (nSPS) is 10.1. The monoisotopic (exact) mass is 260 g/mol. The molecule has 1 aromatic heterocycles. The lowest BCUT2D eigenvalue weighted by atomic mass is 10.2. The Morgan fingerprint density at radius 2 is 1.89 bits per heavy atom. The van der Waals surface area contributed by atoms with Crippen LogP contribution in [-0.4, -0.2) is 17.1 Å². The molecule has 2 rings (SSSR count). The number of aromatic nitrogens is 2. The number of aryl methyl sites for hydroxylation is 1. The van der Waals surface area contributed by atoms with Crippen LogP contribution >= 0.6 is 0 Å². The summed E-state index contributed by atoms with van der Waals surface area (Å²) in [7, 11) is 1.63. The Kier molecular flexibility index (Phi) is 3.67. The Bertz CT molecular complexity index is 586. The maximum absolute atomic E-state index is 5.59. The minimum Gasteiger partial charge on any atom is -0.497 e. The number of methoxy groups -OCH3 is 1. The summed E-state index contributed by atoms with van der Waals surface area (Å²) in [6.07, 6.45) is 0. The Hall–Kier alpha value is -2.54. The number of ether oxygens (including phenoxy) is 1. The highest BCUT2D eigenvalue weighted by Gasteiger charge is 2.05. The largest absolute Gasteiger partial charge is 0.497 e. The second-order valence-corrected chi connectivity index (χ2v) is 3.95. The van der Waals surface area contributed by atoms with Crippen LogP contribution in [0.15, 0.2) is 24.3 Å². The van der Waals surface area contributed by atoms with Gasteiger partial charge in [-0.3, -0.25) is 0 Å². The first-order valence-corrected chi connectivity index (χ1v) is 5.65. The molecule has 6 N–H and O–H groups in total. The van der Waals surface area contributed by atoms with E-state index in [9.17, 15) is 0 Å². The van der Waals surface area contributed by atoms with Gasteiger partial charge in [-0.2, -0.15) is 9.97 Å². The van der Waals surface area contributed by atoms with Crippen molar-refractivity contribution in [3.05, 3.63) is 29.8 Å². The fraction of sp³-hybridized carbons (Fsp3) is 0.167. The van der Waals surface area contributed by atoms with Crippen LogP contribution in [0.1, 0.15) is 5.56 Å². The summed E-state index contributed by atoms with van der Waals surface area (Å²) in [6.45, 7) is 1.97. The maximum atomic E-state index is 5.59. The van der Waals surface area contributed by atoms with Gasteiger partial charge in [0, 0.05) is 11.8 Å². The molecule has 2 aromatic rings. The van der Waals surface area contributed by atoms with Gasteiger partial charge < -0.3 is 21.2 Å². The van der Waals surface area contributed by atoms with E-state index >= 15 is 0 Å². The van der Waals surface area contributed by atoms with Gasteiger partial charge in [0.05, 0.1) is 7.11 Å². The number of hydrazine groups is 1. The highest BCUT2D eigenvalue weighted by molar-refractivity contribution is 5.64. The van der Waals surface area contributed by atoms with Gasteiger partial charge in [0.15, 0.2) is 0 Å². The van der Waals surface area contributed by atoms with Gasteiger partial charge in [-0.05, 0) is 30.7 Å². The molecule has 0 amide bonds. The molecule has 0 saturated carbocycles. The smallest absolute Gasteiger partial charge is 0.223 e. The van der Waals surface area contributed by atoms with Crippen molar-refractivity contribution in [2.45, 2.75) is 6.92 Å². The first-order chi connectivity index (χ1) is 9.12. The lowest BCUT2D eigenvalue weighted by Gasteiger charge is -2.11. The van der Waals surface area contributed by atoms with Gasteiger partial charge in [0.25, 0.3) is 0 Å². The van der Waals surface area contributed by atoms with Crippen LogP contribution in [0.25, 0.3) is 0 Å². The predicted molar refractivity (Wildman–Crippen MR) is 75.3 cm³/mol. The van der Waals surface area contributed by atoms with Crippen molar-refractivity contribution >= 4 is 23.3 Å². The maximum Gasteiger partial charge on any atom is 0.223 e. The van der Waals surface area contributed by atoms with E-state index in [1.807, 2.05) is 25.1 Å². The molecular formula is C12H16N6O. The topological polar surface area (TPSA) is 111 Å². The summed E-state index contributed by atoms with van der Waals surface area (Å²) >= 11 is 0. The number of hydrogen-bond donors (Lipinski definition) is 4. The Balaban J connectivity index is 2.28. The minimum absolute atomic E-state index is 0.143. The number of hydrogen-bond acceptors (Lipinski definition) is 7. The van der Waals surface area contributed by atoms with Crippen molar-refractivity contribution in [3.8, 4) is 5.75 Å². The molecule has 0 unspecified atom stereocenters. The quantitative estimate of drug-likeness (QED) is 0.485. The summed E-state index contributed by atoms with van der Waals surface area (Å²) in [6, 6.07) is 7.36. The van der Waals surface area contributed by atoms with Gasteiger partial charge in [0.2, 0.25) is 5.95 Å². The van der Waals surface area contributed by atoms with Crippen LogP contribution in [0.2, 0.25) is 0 Å². The van der Waals surface area contributed by atoms with E-state index in [0.29, 0.717) is 11.6 Å². The number of nitrogens with two attached hydrogens (primary N) is 2. The van der Waals surface area contributed by atoms with Gasteiger partial charge >= 0.3 is 0 Å². The van der Waals surface area contributed by atoms with Gasteiger partial charge in [-0.15, -0.1) is 0 Å². The molecule has 100 valence electrons. The third-order valence-electron chi connectivity index (χ3n) is 2.59. The molecule has 0 fully saturated rings. The first-order valence-electron chi connectivity index (χ1n) is 5.65. The molecule has 0 spiro atoms. The third kappa shape index (κ3) is 3.02. The number of nitrogens with zero attached hydrogens (tertiary/aromatic N) is 2. The second kappa shape index (κ2) is 5.40. The van der Waals surface area contributed by atoms with E-state index in [0.717, 1.165) is 17.0 Å². The van der Waals surface area contributed by atoms with Crippen LogP contribution in [0.4, 0.5) is 23.3 Å². The van der Waals surface area contributed by atoms with E-state index in [4.69, 9.17) is 16.3 Å². The van der Waals surface area contributed by atoms with Gasteiger partial charge in [-0.25, -0.2) is 5.84 Å². The third-order valence-corrected chi connectivity index (χ3v) is 2.59. The van der Waals surface area contributed by atoms with E-state index in [-0.39, 0.29) is 5.95 Å². The molecule has 0 aliphatic heterocycles. The second-order valence-electron chi connectivity index (χ2n) is 3.95. The molecule has 0 radical (unpaired) electrons. The highest BCUT2D eigenvalue weighted by atomic mass is 16.5. The van der Waals surface area contributed by atoms with Gasteiger partial charge in [0.1, 0.15) is 17.4 Å². The van der Waals surface area contributed by atoms with Crippen LogP contribution in [0.5, 0.6) is 5.75 Å². The molecule has 0 atom stereocenters. The summed E-state index contributed by atoms with van der Waals surface area (Å²) in [5.41, 5.74) is 9.96. The number of nitrogen functional groups attached to an aromatic ring is 2. The summed E-state index contributed by atoms with van der Waals surface area (Å²) in [4.78, 5) is 8.00. The van der Waals surface area contributed by atoms with Crippen LogP contribution < -0.4 is 27.1 Å². The van der Waals surface area contributed by atoms with Crippen molar-refractivity contribution < 1.29 is 4.74 Å². The van der Waals surface area contributed by atoms with Crippen molar-refractivity contribution in [2.75, 3.05) is 23.6 Å². The zero-order valence-corrected chi connectivity index (χ0v) is 10.8. The number of rotatable bonds is 4. The molecule has 0 aliphatic rings. The van der Waals surface area contributed by atoms with Crippen molar-refractivity contribution in [3.63, 3.8) is 0 Å². The Morgan fingerprint density at radius 1 is 1.16 bits per heavy atom. The first kappa shape index (κ1) is 12.9. The molecule has 19 heavy (non-hydrogen) atoms. The summed E-state index contributed by atoms with van der Waals surface area (Å²) in [5.74, 6) is 7.26. The lowest BCUT2D eigenvalue weighted by Crippen LogP contribution is -2.11. The average molecular weight is 260 g/mol. The summed E-state index contributed by atoms with van der Waals surface area (Å²) < 4.78 is 5.16. The highest BCUT2D eigenvalue weighted by Crippen LogP contribution is 2.24. The molecule has 0 saturated heterocycles. The molecule has 1 heterocycles. The standard InChI is InChI=1S/C12H16N6O/c1-7-5-8(19-2)3-4-9(7)15-10-6-11(18-14)17-12(13)16-10/h3-6H,14H2,1-2H3,(H4,13,15,16,17,18). The van der Waals surface area contributed by atoms with Crippen LogP contribution in [0, 0.1) is 6.92 Å². The van der Waals surface area contributed by atoms with E-state index in [1.165, 1.54) is 0 Å². The molecule has 1 aromatic carbocycles. The number of anilines is 4. The molecule has 0 aliphatic carbocycles. The lowest BCUT2D eigenvalue weighted by molar-refractivity contribution is 0.414. The fourth-order valence-electron chi connectivity index (χ4n) is 1.65. The van der Waals surface area contributed by atoms with E-state index in [1.54, 1.807) is 13.2 Å². The Morgan fingerprint density at radius 3 is 2.53 bits per heavy atom. The van der Waals surface area contributed by atoms with Crippen LogP contribution in [0.3, 0.4) is 0 Å². The zero-order chi connectivity index (χ0) is 13.8. The number of nitrogens with one attached hydrogen (secondary N) is 2. The fourth-order valence-corrected chi connectivity index (χ4v) is 1.65. The predicted octanol–water partition coefficient (Wildman–Crippen LogP) is 1.41. The van der Waals surface area contributed by atoms with Crippen LogP contribution in [-0.2, 0) is 0 Å².